The van der Waals surface area contributed by atoms with Gasteiger partial charge in [0.1, 0.15) is 0 Å². The Balaban J connectivity index is 2.00. The summed E-state index contributed by atoms with van der Waals surface area (Å²) in [5.74, 6) is 0.684. The number of hydrogen-bond acceptors (Lipinski definition) is 3. The summed E-state index contributed by atoms with van der Waals surface area (Å²) in [6, 6.07) is 7.96. The maximum atomic E-state index is 12.6. The SMILES string of the molecule is CC(C)CN1CCC1(C)C(=O)Nc1ccc(N(C)C)cc1. The summed E-state index contributed by atoms with van der Waals surface area (Å²) in [5.41, 5.74) is 1.64. The molecular weight excluding hydrogens is 262 g/mol. The molecule has 21 heavy (non-hydrogen) atoms. The van der Waals surface area contributed by atoms with E-state index in [2.05, 4.69) is 24.1 Å². The van der Waals surface area contributed by atoms with Crippen LogP contribution in [0.4, 0.5) is 11.4 Å². The highest BCUT2D eigenvalue weighted by atomic mass is 16.2. The molecule has 1 heterocycles. The van der Waals surface area contributed by atoms with Gasteiger partial charge in [-0.25, -0.2) is 0 Å². The van der Waals surface area contributed by atoms with Gasteiger partial charge < -0.3 is 10.2 Å². The number of anilines is 2. The van der Waals surface area contributed by atoms with Crippen molar-refractivity contribution in [2.45, 2.75) is 32.7 Å². The summed E-state index contributed by atoms with van der Waals surface area (Å²) in [6.07, 6.45) is 0.932. The molecule has 1 fully saturated rings. The summed E-state index contributed by atoms with van der Waals surface area (Å²) in [4.78, 5) is 16.9. The molecule has 1 aromatic rings. The van der Waals surface area contributed by atoms with E-state index in [-0.39, 0.29) is 11.4 Å². The third-order valence-corrected chi connectivity index (χ3v) is 4.28. The van der Waals surface area contributed by atoms with Gasteiger partial charge in [0.2, 0.25) is 5.91 Å². The molecular formula is C17H27N3O. The second kappa shape index (κ2) is 6.06. The van der Waals surface area contributed by atoms with E-state index >= 15 is 0 Å². The Morgan fingerprint density at radius 3 is 2.38 bits per heavy atom. The minimum atomic E-state index is -0.357. The van der Waals surface area contributed by atoms with Gasteiger partial charge in [0, 0.05) is 38.6 Å². The minimum absolute atomic E-state index is 0.104. The molecule has 1 amide bonds. The molecule has 116 valence electrons. The maximum Gasteiger partial charge on any atom is 0.244 e. The molecule has 1 atom stereocenters. The fraction of sp³-hybridized carbons (Fsp3) is 0.588. The van der Waals surface area contributed by atoms with E-state index in [9.17, 15) is 4.79 Å². The molecule has 0 radical (unpaired) electrons. The van der Waals surface area contributed by atoms with Crippen LogP contribution >= 0.6 is 0 Å². The van der Waals surface area contributed by atoms with Crippen LogP contribution in [-0.2, 0) is 4.79 Å². The quantitative estimate of drug-likeness (QED) is 0.905. The van der Waals surface area contributed by atoms with Crippen LogP contribution in [0.5, 0.6) is 0 Å². The Kier molecular flexibility index (Phi) is 4.57. The zero-order valence-electron chi connectivity index (χ0n) is 13.8. The normalized spacial score (nSPS) is 22.0. The molecule has 0 spiro atoms. The Labute approximate surface area is 128 Å². The van der Waals surface area contributed by atoms with Crippen molar-refractivity contribution < 1.29 is 4.79 Å². The molecule has 1 aliphatic heterocycles. The fourth-order valence-corrected chi connectivity index (χ4v) is 2.70. The van der Waals surface area contributed by atoms with E-state index in [1.807, 2.05) is 50.2 Å². The Hall–Kier alpha value is -1.55. The van der Waals surface area contributed by atoms with Crippen molar-refractivity contribution in [3.05, 3.63) is 24.3 Å². The summed E-state index contributed by atoms with van der Waals surface area (Å²) < 4.78 is 0. The number of likely N-dealkylation sites (tertiary alicyclic amines) is 1. The van der Waals surface area contributed by atoms with Crippen LogP contribution in [0.25, 0.3) is 0 Å². The lowest BCUT2D eigenvalue weighted by atomic mass is 9.84. The Bertz CT molecular complexity index is 495. The molecule has 1 N–H and O–H groups in total. The first-order valence-electron chi connectivity index (χ1n) is 7.67. The van der Waals surface area contributed by atoms with E-state index in [0.717, 1.165) is 30.9 Å². The average Bonchev–Trinajstić information content (AvgIpc) is 2.43. The van der Waals surface area contributed by atoms with Gasteiger partial charge in [-0.05, 0) is 43.5 Å². The van der Waals surface area contributed by atoms with Crippen molar-refractivity contribution >= 4 is 17.3 Å². The van der Waals surface area contributed by atoms with Gasteiger partial charge in [-0.15, -0.1) is 0 Å². The molecule has 0 bridgehead atoms. The standard InChI is InChI=1S/C17H27N3O/c1-13(2)12-20-11-10-17(20,3)16(21)18-14-6-8-15(9-7-14)19(4)5/h6-9,13H,10-12H2,1-5H3,(H,18,21). The molecule has 4 heteroatoms. The second-order valence-electron chi connectivity index (χ2n) is 6.76. The van der Waals surface area contributed by atoms with Crippen molar-refractivity contribution in [1.82, 2.24) is 4.90 Å². The predicted octanol–water partition coefficient (Wildman–Crippen LogP) is 2.81. The number of nitrogens with zero attached hydrogens (tertiary/aromatic N) is 2. The number of hydrogen-bond donors (Lipinski definition) is 1. The van der Waals surface area contributed by atoms with E-state index in [1.165, 1.54) is 0 Å². The lowest BCUT2D eigenvalue weighted by molar-refractivity contribution is -0.136. The second-order valence-corrected chi connectivity index (χ2v) is 6.76. The molecule has 0 saturated carbocycles. The molecule has 4 nitrogen and oxygen atoms in total. The number of rotatable bonds is 5. The summed E-state index contributed by atoms with van der Waals surface area (Å²) in [5, 5.41) is 3.05. The largest absolute Gasteiger partial charge is 0.378 e. The predicted molar refractivity (Wildman–Crippen MR) is 88.8 cm³/mol. The third-order valence-electron chi connectivity index (χ3n) is 4.28. The van der Waals surface area contributed by atoms with Gasteiger partial charge >= 0.3 is 0 Å². The minimum Gasteiger partial charge on any atom is -0.378 e. The fourth-order valence-electron chi connectivity index (χ4n) is 2.70. The van der Waals surface area contributed by atoms with Crippen molar-refractivity contribution in [3.8, 4) is 0 Å². The highest BCUT2D eigenvalue weighted by molar-refractivity contribution is 5.98. The number of carbonyl (C=O) groups excluding carboxylic acids is 1. The van der Waals surface area contributed by atoms with Gasteiger partial charge in [0.05, 0.1) is 5.54 Å². The smallest absolute Gasteiger partial charge is 0.244 e. The monoisotopic (exact) mass is 289 g/mol. The molecule has 0 aliphatic carbocycles. The summed E-state index contributed by atoms with van der Waals surface area (Å²) in [7, 11) is 4.01. The molecule has 1 unspecified atom stereocenters. The van der Waals surface area contributed by atoms with Crippen LogP contribution < -0.4 is 10.2 Å². The lowest BCUT2D eigenvalue weighted by Crippen LogP contribution is -2.64. The maximum absolute atomic E-state index is 12.6. The zero-order chi connectivity index (χ0) is 15.6. The summed E-state index contributed by atoms with van der Waals surface area (Å²) in [6.45, 7) is 8.42. The van der Waals surface area contributed by atoms with E-state index in [1.54, 1.807) is 0 Å². The molecule has 0 aromatic heterocycles. The topological polar surface area (TPSA) is 35.6 Å². The summed E-state index contributed by atoms with van der Waals surface area (Å²) >= 11 is 0. The first-order chi connectivity index (χ1) is 9.83. The van der Waals surface area contributed by atoms with Crippen molar-refractivity contribution in [1.29, 1.82) is 0 Å². The number of nitrogens with one attached hydrogen (secondary N) is 1. The van der Waals surface area contributed by atoms with E-state index < -0.39 is 0 Å². The number of carbonyl (C=O) groups is 1. The molecule has 1 saturated heterocycles. The van der Waals surface area contributed by atoms with Crippen LogP contribution in [0.2, 0.25) is 0 Å². The Morgan fingerprint density at radius 2 is 1.95 bits per heavy atom. The van der Waals surface area contributed by atoms with Gasteiger partial charge in [-0.2, -0.15) is 0 Å². The van der Waals surface area contributed by atoms with Crippen LogP contribution in [0.3, 0.4) is 0 Å². The highest BCUT2D eigenvalue weighted by Gasteiger charge is 2.46. The van der Waals surface area contributed by atoms with Crippen molar-refractivity contribution in [3.63, 3.8) is 0 Å². The Morgan fingerprint density at radius 1 is 1.33 bits per heavy atom. The first kappa shape index (κ1) is 15.8. The van der Waals surface area contributed by atoms with Crippen LogP contribution in [0.15, 0.2) is 24.3 Å². The van der Waals surface area contributed by atoms with E-state index in [0.29, 0.717) is 5.92 Å². The number of amides is 1. The first-order valence-corrected chi connectivity index (χ1v) is 7.67. The highest BCUT2D eigenvalue weighted by Crippen LogP contribution is 2.32. The van der Waals surface area contributed by atoms with Gasteiger partial charge in [0.25, 0.3) is 0 Å². The third kappa shape index (κ3) is 3.38. The van der Waals surface area contributed by atoms with Crippen molar-refractivity contribution in [2.24, 2.45) is 5.92 Å². The van der Waals surface area contributed by atoms with Gasteiger partial charge in [-0.3, -0.25) is 9.69 Å². The van der Waals surface area contributed by atoms with Gasteiger partial charge in [-0.1, -0.05) is 13.8 Å². The van der Waals surface area contributed by atoms with E-state index in [4.69, 9.17) is 0 Å². The van der Waals surface area contributed by atoms with Gasteiger partial charge in [0.15, 0.2) is 0 Å². The molecule has 1 aromatic carbocycles. The molecule has 2 rings (SSSR count). The van der Waals surface area contributed by atoms with Crippen molar-refractivity contribution in [2.75, 3.05) is 37.4 Å². The number of benzene rings is 1. The van der Waals surface area contributed by atoms with Crippen LogP contribution in [0.1, 0.15) is 27.2 Å². The van der Waals surface area contributed by atoms with Crippen LogP contribution in [-0.4, -0.2) is 43.5 Å². The van der Waals surface area contributed by atoms with Crippen LogP contribution in [0, 0.1) is 5.92 Å². The molecule has 1 aliphatic rings. The zero-order valence-corrected chi connectivity index (χ0v) is 13.8. The average molecular weight is 289 g/mol. The lowest BCUT2D eigenvalue weighted by Gasteiger charge is -2.49.